The molecule has 2 aliphatic rings. The van der Waals surface area contributed by atoms with Crippen LogP contribution in [0.2, 0.25) is 0 Å². The molecule has 0 aromatic heterocycles. The summed E-state index contributed by atoms with van der Waals surface area (Å²) < 4.78 is 16.0. The van der Waals surface area contributed by atoms with E-state index < -0.39 is 29.6 Å². The van der Waals surface area contributed by atoms with Crippen LogP contribution in [0, 0.1) is 5.92 Å². The number of ketones is 1. The summed E-state index contributed by atoms with van der Waals surface area (Å²) in [6.07, 6.45) is 2.07. The highest BCUT2D eigenvalue weighted by molar-refractivity contribution is 5.97. The van der Waals surface area contributed by atoms with Crippen molar-refractivity contribution in [2.75, 3.05) is 6.61 Å². The Morgan fingerprint density at radius 2 is 1.95 bits per heavy atom. The minimum atomic E-state index is -0.958. The van der Waals surface area contributed by atoms with Gasteiger partial charge in [0.2, 0.25) is 0 Å². The zero-order chi connectivity index (χ0) is 15.8. The van der Waals surface area contributed by atoms with Gasteiger partial charge in [-0.1, -0.05) is 0 Å². The maximum atomic E-state index is 12.1. The second kappa shape index (κ2) is 5.44. The number of carbonyl (C=O) groups excluding carboxylic acids is 3. The molecule has 0 aromatic carbocycles. The van der Waals surface area contributed by atoms with E-state index in [2.05, 4.69) is 0 Å². The molecule has 6 nitrogen and oxygen atoms in total. The van der Waals surface area contributed by atoms with E-state index in [9.17, 15) is 14.4 Å². The lowest BCUT2D eigenvalue weighted by molar-refractivity contribution is -0.157. The van der Waals surface area contributed by atoms with Crippen molar-refractivity contribution in [3.05, 3.63) is 23.5 Å². The summed E-state index contributed by atoms with van der Waals surface area (Å²) in [5.41, 5.74) is -0.0956. The first kappa shape index (κ1) is 15.4. The average molecular weight is 294 g/mol. The number of rotatable bonds is 2. The largest absolute Gasteiger partial charge is 0.453 e. The third kappa shape index (κ3) is 2.90. The number of esters is 2. The Kier molecular flexibility index (Phi) is 4.00. The second-order valence-electron chi connectivity index (χ2n) is 5.39. The van der Waals surface area contributed by atoms with E-state index in [1.54, 1.807) is 13.0 Å². The first-order valence-electron chi connectivity index (χ1n) is 6.67. The molecule has 114 valence electrons. The van der Waals surface area contributed by atoms with Crippen molar-refractivity contribution in [3.63, 3.8) is 0 Å². The molecule has 0 aromatic rings. The van der Waals surface area contributed by atoms with Crippen LogP contribution < -0.4 is 0 Å². The van der Waals surface area contributed by atoms with Crippen molar-refractivity contribution in [2.24, 2.45) is 5.92 Å². The molecule has 1 aliphatic heterocycles. The first-order chi connectivity index (χ1) is 9.74. The van der Waals surface area contributed by atoms with E-state index in [0.717, 1.165) is 0 Å². The van der Waals surface area contributed by atoms with Crippen molar-refractivity contribution < 1.29 is 28.6 Å². The van der Waals surface area contributed by atoms with E-state index in [1.165, 1.54) is 19.9 Å². The molecule has 6 heteroatoms. The molecule has 0 amide bonds. The Balaban J connectivity index is 2.44. The zero-order valence-electron chi connectivity index (χ0n) is 12.5. The van der Waals surface area contributed by atoms with Gasteiger partial charge in [-0.25, -0.2) is 0 Å². The summed E-state index contributed by atoms with van der Waals surface area (Å²) in [6.45, 7) is 6.22. The summed E-state index contributed by atoms with van der Waals surface area (Å²) in [4.78, 5) is 34.4. The highest BCUT2D eigenvalue weighted by Crippen LogP contribution is 2.44. The van der Waals surface area contributed by atoms with Crippen LogP contribution in [0.1, 0.15) is 27.7 Å². The SMILES string of the molecule is CC(=O)O/C(C)=C1\CO[C@@]2(C)C=CC(=O)[C@H](OC(C)=O)[C@@H]12. The van der Waals surface area contributed by atoms with Crippen molar-refractivity contribution in [1.82, 2.24) is 0 Å². The van der Waals surface area contributed by atoms with Gasteiger partial charge in [-0.15, -0.1) is 0 Å². The van der Waals surface area contributed by atoms with Gasteiger partial charge in [0.05, 0.1) is 18.1 Å². The minimum Gasteiger partial charge on any atom is -0.453 e. The van der Waals surface area contributed by atoms with Crippen LogP contribution in [0.15, 0.2) is 23.5 Å². The molecule has 1 aliphatic carbocycles. The fraction of sp³-hybridized carbons (Fsp3) is 0.533. The summed E-state index contributed by atoms with van der Waals surface area (Å²) >= 11 is 0. The lowest BCUT2D eigenvalue weighted by atomic mass is 9.76. The summed E-state index contributed by atoms with van der Waals surface area (Å²) in [5.74, 6) is -1.39. The van der Waals surface area contributed by atoms with Crippen molar-refractivity contribution in [3.8, 4) is 0 Å². The molecule has 1 fully saturated rings. The average Bonchev–Trinajstić information content (AvgIpc) is 2.70. The Morgan fingerprint density at radius 1 is 1.29 bits per heavy atom. The molecule has 0 unspecified atom stereocenters. The maximum absolute atomic E-state index is 12.1. The number of hydrogen-bond donors (Lipinski definition) is 0. The van der Waals surface area contributed by atoms with Gasteiger partial charge in [0.15, 0.2) is 11.9 Å². The van der Waals surface area contributed by atoms with Crippen LogP contribution in [0.25, 0.3) is 0 Å². The number of hydrogen-bond acceptors (Lipinski definition) is 6. The molecule has 0 saturated carbocycles. The summed E-state index contributed by atoms with van der Waals surface area (Å²) in [5, 5.41) is 0. The van der Waals surface area contributed by atoms with Crippen LogP contribution in [0.4, 0.5) is 0 Å². The van der Waals surface area contributed by atoms with Crippen molar-refractivity contribution >= 4 is 17.7 Å². The van der Waals surface area contributed by atoms with Crippen LogP contribution in [-0.4, -0.2) is 36.0 Å². The number of fused-ring (bicyclic) bond motifs is 1. The highest BCUT2D eigenvalue weighted by atomic mass is 16.6. The number of carbonyl (C=O) groups is 3. The molecule has 0 radical (unpaired) electrons. The Hall–Kier alpha value is -1.95. The predicted octanol–water partition coefficient (Wildman–Crippen LogP) is 1.30. The predicted molar refractivity (Wildman–Crippen MR) is 72.0 cm³/mol. The molecular weight excluding hydrogens is 276 g/mol. The van der Waals surface area contributed by atoms with Crippen molar-refractivity contribution in [1.29, 1.82) is 0 Å². The summed E-state index contributed by atoms with van der Waals surface area (Å²) in [7, 11) is 0. The van der Waals surface area contributed by atoms with Gasteiger partial charge in [0.25, 0.3) is 0 Å². The number of ether oxygens (including phenoxy) is 3. The minimum absolute atomic E-state index is 0.218. The van der Waals surface area contributed by atoms with Gasteiger partial charge in [-0.05, 0) is 26.0 Å². The Bertz CT molecular complexity index is 559. The Labute approximate surface area is 122 Å². The van der Waals surface area contributed by atoms with Crippen LogP contribution in [0.3, 0.4) is 0 Å². The van der Waals surface area contributed by atoms with E-state index in [0.29, 0.717) is 11.3 Å². The molecular formula is C15H18O6. The van der Waals surface area contributed by atoms with Crippen molar-refractivity contribution in [2.45, 2.75) is 39.4 Å². The second-order valence-corrected chi connectivity index (χ2v) is 5.39. The van der Waals surface area contributed by atoms with Gasteiger partial charge < -0.3 is 14.2 Å². The fourth-order valence-corrected chi connectivity index (χ4v) is 2.81. The van der Waals surface area contributed by atoms with Crippen LogP contribution in [-0.2, 0) is 28.6 Å². The monoisotopic (exact) mass is 294 g/mol. The van der Waals surface area contributed by atoms with Crippen LogP contribution >= 0.6 is 0 Å². The molecule has 3 atom stereocenters. The molecule has 2 rings (SSSR count). The zero-order valence-corrected chi connectivity index (χ0v) is 12.5. The molecule has 0 spiro atoms. The van der Waals surface area contributed by atoms with Crippen LogP contribution in [0.5, 0.6) is 0 Å². The summed E-state index contributed by atoms with van der Waals surface area (Å²) in [6, 6.07) is 0. The fourth-order valence-electron chi connectivity index (χ4n) is 2.81. The van der Waals surface area contributed by atoms with E-state index in [-0.39, 0.29) is 12.4 Å². The third-order valence-corrected chi connectivity index (χ3v) is 3.74. The van der Waals surface area contributed by atoms with E-state index in [4.69, 9.17) is 14.2 Å². The quantitative estimate of drug-likeness (QED) is 0.564. The highest BCUT2D eigenvalue weighted by Gasteiger charge is 2.53. The van der Waals surface area contributed by atoms with Gasteiger partial charge >= 0.3 is 11.9 Å². The topological polar surface area (TPSA) is 78.9 Å². The van der Waals surface area contributed by atoms with Gasteiger partial charge in [-0.2, -0.15) is 0 Å². The molecule has 1 saturated heterocycles. The van der Waals surface area contributed by atoms with Gasteiger partial charge in [-0.3, -0.25) is 14.4 Å². The smallest absolute Gasteiger partial charge is 0.307 e. The number of allylic oxidation sites excluding steroid dienone is 1. The Morgan fingerprint density at radius 3 is 2.52 bits per heavy atom. The standard InChI is InChI=1S/C15H18O6/c1-8(20-9(2)16)11-7-19-15(4)6-5-12(18)14(13(11)15)21-10(3)17/h5-6,13-14H,7H2,1-4H3/b11-8+/t13-,14+,15+/m1/s1. The van der Waals surface area contributed by atoms with Gasteiger partial charge in [0, 0.05) is 19.4 Å². The van der Waals surface area contributed by atoms with Gasteiger partial charge in [0.1, 0.15) is 5.76 Å². The normalized spacial score (nSPS) is 33.4. The molecule has 0 N–H and O–H groups in total. The third-order valence-electron chi connectivity index (χ3n) is 3.74. The van der Waals surface area contributed by atoms with E-state index >= 15 is 0 Å². The molecule has 1 heterocycles. The first-order valence-corrected chi connectivity index (χ1v) is 6.67. The molecule has 0 bridgehead atoms. The maximum Gasteiger partial charge on any atom is 0.307 e. The van der Waals surface area contributed by atoms with E-state index in [1.807, 2.05) is 6.92 Å². The molecule has 21 heavy (non-hydrogen) atoms. The lowest BCUT2D eigenvalue weighted by Crippen LogP contribution is -2.47. The lowest BCUT2D eigenvalue weighted by Gasteiger charge is -2.35.